The molecule has 0 aliphatic heterocycles. The van der Waals surface area contributed by atoms with Crippen molar-refractivity contribution in [1.29, 1.82) is 0 Å². The first-order chi connectivity index (χ1) is 16.2. The average Bonchev–Trinajstić information content (AvgIpc) is 3.40. The second-order valence-corrected chi connectivity index (χ2v) is 8.52. The highest BCUT2D eigenvalue weighted by Crippen LogP contribution is 2.45. The molecule has 2 N–H and O–H groups in total. The lowest BCUT2D eigenvalue weighted by Gasteiger charge is -2.20. The van der Waals surface area contributed by atoms with Crippen molar-refractivity contribution in [1.82, 2.24) is 9.55 Å². The van der Waals surface area contributed by atoms with Gasteiger partial charge in [0.2, 0.25) is 0 Å². The molecule has 1 unspecified atom stereocenters. The van der Waals surface area contributed by atoms with Gasteiger partial charge in [-0.1, -0.05) is 78.9 Å². The zero-order chi connectivity index (χ0) is 22.4. The second-order valence-electron chi connectivity index (χ2n) is 8.52. The van der Waals surface area contributed by atoms with Crippen LogP contribution in [-0.2, 0) is 7.05 Å². The fourth-order valence-corrected chi connectivity index (χ4v) is 5.18. The Kier molecular flexibility index (Phi) is 4.55. The summed E-state index contributed by atoms with van der Waals surface area (Å²) in [6, 6.07) is 35.4. The number of phenolic OH excluding ortho intramolecular Hbond substituents is 1. The number of hydrogen-bond acceptors (Lipinski definition) is 1. The number of nitrogens with one attached hydrogen (secondary N) is 1. The van der Waals surface area contributed by atoms with Crippen LogP contribution in [0.4, 0.5) is 0 Å². The molecule has 2 aromatic heterocycles. The van der Waals surface area contributed by atoms with Crippen LogP contribution in [0.1, 0.15) is 22.6 Å². The molecule has 0 spiro atoms. The number of phenols is 1. The molecule has 1 atom stereocenters. The average molecular weight is 429 g/mol. The van der Waals surface area contributed by atoms with Crippen LogP contribution >= 0.6 is 0 Å². The molecule has 0 aliphatic rings. The number of fused-ring (bicyclic) bond motifs is 2. The number of benzene rings is 4. The Labute approximate surface area is 192 Å². The lowest BCUT2D eigenvalue weighted by Crippen LogP contribution is -2.05. The number of aryl methyl sites for hydroxylation is 1. The van der Waals surface area contributed by atoms with E-state index in [9.17, 15) is 5.11 Å². The summed E-state index contributed by atoms with van der Waals surface area (Å²) in [5, 5.41) is 12.6. The Bertz CT molecular complexity index is 1580. The molecule has 33 heavy (non-hydrogen) atoms. The third kappa shape index (κ3) is 3.13. The molecular weight excluding hydrogens is 404 g/mol. The second kappa shape index (κ2) is 7.72. The van der Waals surface area contributed by atoms with Crippen molar-refractivity contribution >= 4 is 21.8 Å². The maximum Gasteiger partial charge on any atom is 0.116 e. The molecular formula is C30H24N2O. The molecule has 3 nitrogen and oxygen atoms in total. The first kappa shape index (κ1) is 19.4. The largest absolute Gasteiger partial charge is 0.508 e. The highest BCUT2D eigenvalue weighted by atomic mass is 16.3. The summed E-state index contributed by atoms with van der Waals surface area (Å²) in [6.45, 7) is 0. The van der Waals surface area contributed by atoms with Crippen LogP contribution in [0.25, 0.3) is 33.1 Å². The molecule has 0 saturated carbocycles. The first-order valence-electron chi connectivity index (χ1n) is 11.2. The summed E-state index contributed by atoms with van der Waals surface area (Å²) in [5.41, 5.74) is 8.26. The minimum Gasteiger partial charge on any atom is -0.508 e. The number of rotatable bonds is 4. The zero-order valence-corrected chi connectivity index (χ0v) is 18.4. The van der Waals surface area contributed by atoms with Crippen LogP contribution in [0.15, 0.2) is 109 Å². The van der Waals surface area contributed by atoms with Gasteiger partial charge in [-0.25, -0.2) is 0 Å². The number of nitrogens with zero attached hydrogens (tertiary/aromatic N) is 1. The zero-order valence-electron chi connectivity index (χ0n) is 18.4. The van der Waals surface area contributed by atoms with Crippen molar-refractivity contribution in [2.75, 3.05) is 0 Å². The molecule has 160 valence electrons. The van der Waals surface area contributed by atoms with Gasteiger partial charge in [0.15, 0.2) is 0 Å². The van der Waals surface area contributed by atoms with Crippen molar-refractivity contribution in [3.8, 4) is 17.0 Å². The van der Waals surface area contributed by atoms with E-state index >= 15 is 0 Å². The van der Waals surface area contributed by atoms with Gasteiger partial charge in [-0.2, -0.15) is 0 Å². The number of aromatic amines is 1. The standard InChI is InChI=1S/C30H24N2O/c1-32-27-15-9-8-14-23(27)29(30(32)21-12-6-3-7-13-21)28(20-10-4-2-5-11-20)25-19-31-26-17-16-22(33)18-24(25)26/h2-19,28,31,33H,1H3. The maximum atomic E-state index is 10.3. The monoisotopic (exact) mass is 428 g/mol. The van der Waals surface area contributed by atoms with Crippen LogP contribution < -0.4 is 0 Å². The van der Waals surface area contributed by atoms with Crippen molar-refractivity contribution < 1.29 is 5.11 Å². The summed E-state index contributed by atoms with van der Waals surface area (Å²) >= 11 is 0. The number of H-pyrrole nitrogens is 1. The molecule has 0 amide bonds. The van der Waals surface area contributed by atoms with Gasteiger partial charge in [0.05, 0.1) is 5.69 Å². The maximum absolute atomic E-state index is 10.3. The van der Waals surface area contributed by atoms with E-state index < -0.39 is 0 Å². The topological polar surface area (TPSA) is 41.0 Å². The predicted molar refractivity (Wildman–Crippen MR) is 136 cm³/mol. The minimum absolute atomic E-state index is 0.0111. The Morgan fingerprint density at radius 3 is 2.24 bits per heavy atom. The first-order valence-corrected chi connectivity index (χ1v) is 11.2. The van der Waals surface area contributed by atoms with E-state index in [0.717, 1.165) is 16.5 Å². The van der Waals surface area contributed by atoms with E-state index in [-0.39, 0.29) is 11.7 Å². The third-order valence-electron chi connectivity index (χ3n) is 6.62. The summed E-state index contributed by atoms with van der Waals surface area (Å²) in [5.74, 6) is 0.263. The fourth-order valence-electron chi connectivity index (χ4n) is 5.18. The van der Waals surface area contributed by atoms with Gasteiger partial charge in [0.1, 0.15) is 5.75 Å². The Morgan fingerprint density at radius 2 is 1.45 bits per heavy atom. The summed E-state index contributed by atoms with van der Waals surface area (Å²) in [6.07, 6.45) is 2.10. The van der Waals surface area contributed by atoms with E-state index in [1.807, 2.05) is 12.1 Å². The number of aromatic nitrogens is 2. The molecule has 0 bridgehead atoms. The molecule has 0 radical (unpaired) electrons. The predicted octanol–water partition coefficient (Wildman–Crippen LogP) is 7.21. The van der Waals surface area contributed by atoms with E-state index in [1.165, 1.54) is 33.3 Å². The van der Waals surface area contributed by atoms with E-state index in [0.29, 0.717) is 0 Å². The van der Waals surface area contributed by atoms with Crippen LogP contribution in [0, 0.1) is 0 Å². The molecule has 6 rings (SSSR count). The van der Waals surface area contributed by atoms with Crippen LogP contribution in [-0.4, -0.2) is 14.7 Å². The number of hydrogen-bond donors (Lipinski definition) is 2. The molecule has 4 aromatic carbocycles. The van der Waals surface area contributed by atoms with Gasteiger partial charge in [0, 0.05) is 41.0 Å². The van der Waals surface area contributed by atoms with Gasteiger partial charge in [-0.15, -0.1) is 0 Å². The van der Waals surface area contributed by atoms with E-state index in [2.05, 4.69) is 108 Å². The van der Waals surface area contributed by atoms with Crippen LogP contribution in [0.3, 0.4) is 0 Å². The third-order valence-corrected chi connectivity index (χ3v) is 6.62. The van der Waals surface area contributed by atoms with Crippen LogP contribution in [0.5, 0.6) is 5.75 Å². The lowest BCUT2D eigenvalue weighted by molar-refractivity contribution is 0.476. The van der Waals surface area contributed by atoms with Crippen molar-refractivity contribution in [2.45, 2.75) is 5.92 Å². The normalized spacial score (nSPS) is 12.4. The summed E-state index contributed by atoms with van der Waals surface area (Å²) in [7, 11) is 2.15. The minimum atomic E-state index is -0.0111. The van der Waals surface area contributed by atoms with E-state index in [1.54, 1.807) is 6.07 Å². The Morgan fingerprint density at radius 1 is 0.758 bits per heavy atom. The summed E-state index contributed by atoms with van der Waals surface area (Å²) in [4.78, 5) is 3.43. The van der Waals surface area contributed by atoms with Crippen molar-refractivity contribution in [3.63, 3.8) is 0 Å². The molecule has 3 heteroatoms. The van der Waals surface area contributed by atoms with Gasteiger partial charge in [0.25, 0.3) is 0 Å². The molecule has 0 fully saturated rings. The SMILES string of the molecule is Cn1c(-c2ccccc2)c(C(c2ccccc2)c2c[nH]c3ccc(O)cc23)c2ccccc21. The van der Waals surface area contributed by atoms with Gasteiger partial charge >= 0.3 is 0 Å². The van der Waals surface area contributed by atoms with Crippen molar-refractivity contribution in [3.05, 3.63) is 126 Å². The molecule has 0 saturated heterocycles. The van der Waals surface area contributed by atoms with Gasteiger partial charge in [-0.3, -0.25) is 0 Å². The smallest absolute Gasteiger partial charge is 0.116 e. The fraction of sp³-hybridized carbons (Fsp3) is 0.0667. The van der Waals surface area contributed by atoms with E-state index in [4.69, 9.17) is 0 Å². The molecule has 6 aromatic rings. The molecule has 2 heterocycles. The highest BCUT2D eigenvalue weighted by Gasteiger charge is 2.28. The van der Waals surface area contributed by atoms with Gasteiger partial charge in [-0.05, 0) is 46.5 Å². The quantitative estimate of drug-likeness (QED) is 0.306. The Balaban J connectivity index is 1.75. The molecule has 0 aliphatic carbocycles. The lowest BCUT2D eigenvalue weighted by atomic mass is 9.82. The Hall–Kier alpha value is -4.24. The number of aromatic hydroxyl groups is 1. The summed E-state index contributed by atoms with van der Waals surface area (Å²) < 4.78 is 2.31. The van der Waals surface area contributed by atoms with Crippen molar-refractivity contribution in [2.24, 2.45) is 7.05 Å². The number of para-hydroxylation sites is 1. The van der Waals surface area contributed by atoms with Crippen LogP contribution in [0.2, 0.25) is 0 Å². The van der Waals surface area contributed by atoms with Gasteiger partial charge < -0.3 is 14.7 Å². The highest BCUT2D eigenvalue weighted by molar-refractivity contribution is 5.95.